The standard InChI is InChI=1S/C22H31F3O2/c1-3-5-14-6-8-15(9-7-14)22-18(23)12-16(13-27-22)17-10-11-19(26-4-2)21(25)20(17)24/h10-11,14-16,18,22H,3-9,12-13H2,1-2H3/t14?,15?,16-,18-,22+/m0/s1. The van der Waals surface area contributed by atoms with Gasteiger partial charge in [0.2, 0.25) is 5.82 Å². The zero-order valence-corrected chi connectivity index (χ0v) is 16.4. The van der Waals surface area contributed by atoms with Crippen LogP contribution in [-0.2, 0) is 4.74 Å². The number of rotatable bonds is 6. The van der Waals surface area contributed by atoms with Crippen molar-refractivity contribution in [1.82, 2.24) is 0 Å². The molecule has 1 aromatic carbocycles. The van der Waals surface area contributed by atoms with Gasteiger partial charge in [0, 0.05) is 5.92 Å². The maximum atomic E-state index is 14.9. The highest BCUT2D eigenvalue weighted by atomic mass is 19.2. The molecule has 3 atom stereocenters. The van der Waals surface area contributed by atoms with E-state index in [4.69, 9.17) is 9.47 Å². The van der Waals surface area contributed by atoms with E-state index in [0.29, 0.717) is 0 Å². The van der Waals surface area contributed by atoms with Crippen molar-refractivity contribution >= 4 is 0 Å². The molecule has 3 rings (SSSR count). The van der Waals surface area contributed by atoms with Gasteiger partial charge in [0.15, 0.2) is 11.6 Å². The first kappa shape index (κ1) is 20.5. The van der Waals surface area contributed by atoms with Gasteiger partial charge in [0.05, 0.1) is 19.3 Å². The second-order valence-corrected chi connectivity index (χ2v) is 8.03. The lowest BCUT2D eigenvalue weighted by Gasteiger charge is -2.39. The Hall–Kier alpha value is -1.23. The fourth-order valence-electron chi connectivity index (χ4n) is 4.80. The summed E-state index contributed by atoms with van der Waals surface area (Å²) >= 11 is 0. The van der Waals surface area contributed by atoms with E-state index in [1.54, 1.807) is 6.92 Å². The Morgan fingerprint density at radius 2 is 1.81 bits per heavy atom. The van der Waals surface area contributed by atoms with Crippen LogP contribution >= 0.6 is 0 Å². The summed E-state index contributed by atoms with van der Waals surface area (Å²) in [6.45, 7) is 4.42. The van der Waals surface area contributed by atoms with Crippen LogP contribution in [0.3, 0.4) is 0 Å². The van der Waals surface area contributed by atoms with E-state index in [1.807, 2.05) is 0 Å². The van der Waals surface area contributed by atoms with Crippen LogP contribution in [0.25, 0.3) is 0 Å². The molecule has 1 aliphatic heterocycles. The van der Waals surface area contributed by atoms with Gasteiger partial charge in [-0.15, -0.1) is 0 Å². The van der Waals surface area contributed by atoms with Crippen molar-refractivity contribution in [3.63, 3.8) is 0 Å². The molecule has 0 unspecified atom stereocenters. The maximum absolute atomic E-state index is 14.9. The largest absolute Gasteiger partial charge is 0.491 e. The van der Waals surface area contributed by atoms with Gasteiger partial charge < -0.3 is 9.47 Å². The lowest BCUT2D eigenvalue weighted by atomic mass is 9.75. The first-order chi connectivity index (χ1) is 13.0. The second kappa shape index (κ2) is 9.31. The number of hydrogen-bond donors (Lipinski definition) is 0. The zero-order chi connectivity index (χ0) is 19.4. The minimum atomic E-state index is -1.13. The molecular formula is C22H31F3O2. The van der Waals surface area contributed by atoms with Crippen LogP contribution in [0, 0.1) is 23.5 Å². The van der Waals surface area contributed by atoms with Gasteiger partial charge >= 0.3 is 0 Å². The van der Waals surface area contributed by atoms with E-state index >= 15 is 0 Å². The van der Waals surface area contributed by atoms with Gasteiger partial charge in [0.1, 0.15) is 6.17 Å². The van der Waals surface area contributed by atoms with Gasteiger partial charge in [-0.2, -0.15) is 4.39 Å². The predicted octanol–water partition coefficient (Wildman–Crippen LogP) is 6.18. The molecule has 0 bridgehead atoms. The molecule has 2 aliphatic rings. The van der Waals surface area contributed by atoms with Crippen molar-refractivity contribution in [3.05, 3.63) is 29.3 Å². The molecule has 0 N–H and O–H groups in total. The van der Waals surface area contributed by atoms with Crippen LogP contribution in [0.5, 0.6) is 5.75 Å². The summed E-state index contributed by atoms with van der Waals surface area (Å²) in [5, 5.41) is 0. The molecule has 1 saturated carbocycles. The zero-order valence-electron chi connectivity index (χ0n) is 16.4. The normalized spacial score (nSPS) is 31.7. The number of halogens is 3. The highest BCUT2D eigenvalue weighted by molar-refractivity contribution is 5.33. The molecule has 1 aromatic rings. The van der Waals surface area contributed by atoms with Crippen LogP contribution in [0.15, 0.2) is 12.1 Å². The summed E-state index contributed by atoms with van der Waals surface area (Å²) in [6.07, 6.45) is 5.41. The van der Waals surface area contributed by atoms with Crippen LogP contribution < -0.4 is 4.74 Å². The summed E-state index contributed by atoms with van der Waals surface area (Å²) in [5.41, 5.74) is 0.184. The molecule has 2 fully saturated rings. The van der Waals surface area contributed by atoms with E-state index in [2.05, 4.69) is 6.92 Å². The quantitative estimate of drug-likeness (QED) is 0.583. The van der Waals surface area contributed by atoms with Crippen LogP contribution in [0.1, 0.15) is 70.3 Å². The number of benzene rings is 1. The van der Waals surface area contributed by atoms with Crippen LogP contribution in [-0.4, -0.2) is 25.5 Å². The summed E-state index contributed by atoms with van der Waals surface area (Å²) in [5.74, 6) is -1.49. The van der Waals surface area contributed by atoms with Gasteiger partial charge in [0.25, 0.3) is 0 Å². The van der Waals surface area contributed by atoms with Gasteiger partial charge in [-0.1, -0.05) is 38.7 Å². The van der Waals surface area contributed by atoms with Gasteiger partial charge in [-0.05, 0) is 49.7 Å². The topological polar surface area (TPSA) is 18.5 Å². The number of ether oxygens (including phenoxy) is 2. The highest BCUT2D eigenvalue weighted by Crippen LogP contribution is 2.41. The molecule has 5 heteroatoms. The molecule has 0 spiro atoms. The second-order valence-electron chi connectivity index (χ2n) is 8.03. The Kier molecular flexibility index (Phi) is 7.07. The van der Waals surface area contributed by atoms with Crippen molar-refractivity contribution in [3.8, 4) is 5.75 Å². The van der Waals surface area contributed by atoms with E-state index in [-0.39, 0.29) is 36.9 Å². The molecule has 0 amide bonds. The van der Waals surface area contributed by atoms with E-state index < -0.39 is 29.8 Å². The minimum absolute atomic E-state index is 0.103. The first-order valence-electron chi connectivity index (χ1n) is 10.4. The fraction of sp³-hybridized carbons (Fsp3) is 0.727. The average molecular weight is 384 g/mol. The molecule has 0 aromatic heterocycles. The average Bonchev–Trinajstić information content (AvgIpc) is 2.67. The van der Waals surface area contributed by atoms with Crippen molar-refractivity contribution < 1.29 is 22.6 Å². The summed E-state index contributed by atoms with van der Waals surface area (Å²) in [6, 6.07) is 2.92. The van der Waals surface area contributed by atoms with Gasteiger partial charge in [-0.25, -0.2) is 8.78 Å². The minimum Gasteiger partial charge on any atom is -0.491 e. The molecule has 1 heterocycles. The van der Waals surface area contributed by atoms with Crippen molar-refractivity contribution in [1.29, 1.82) is 0 Å². The van der Waals surface area contributed by atoms with Crippen LogP contribution in [0.2, 0.25) is 0 Å². The third-order valence-corrected chi connectivity index (χ3v) is 6.23. The van der Waals surface area contributed by atoms with E-state index in [9.17, 15) is 13.2 Å². The lowest BCUT2D eigenvalue weighted by molar-refractivity contribution is -0.0901. The third-order valence-electron chi connectivity index (χ3n) is 6.23. The van der Waals surface area contributed by atoms with Crippen molar-refractivity contribution in [2.75, 3.05) is 13.2 Å². The first-order valence-corrected chi connectivity index (χ1v) is 10.4. The molecule has 2 nitrogen and oxygen atoms in total. The smallest absolute Gasteiger partial charge is 0.200 e. The lowest BCUT2D eigenvalue weighted by Crippen LogP contribution is -2.41. The molecule has 0 radical (unpaired) electrons. The molecule has 1 saturated heterocycles. The SMILES string of the molecule is CCCC1CCC([C@H]2OC[C@@H](c3ccc(OCC)c(F)c3F)C[C@@H]2F)CC1. The maximum Gasteiger partial charge on any atom is 0.200 e. The Balaban J connectivity index is 1.61. The van der Waals surface area contributed by atoms with E-state index in [0.717, 1.165) is 31.6 Å². The third kappa shape index (κ3) is 4.61. The predicted molar refractivity (Wildman–Crippen MR) is 99.9 cm³/mol. The van der Waals surface area contributed by atoms with Crippen molar-refractivity contribution in [2.45, 2.75) is 77.0 Å². The molecular weight excluding hydrogens is 353 g/mol. The summed E-state index contributed by atoms with van der Waals surface area (Å²) < 4.78 is 54.4. The molecule has 27 heavy (non-hydrogen) atoms. The highest BCUT2D eigenvalue weighted by Gasteiger charge is 2.39. The number of alkyl halides is 1. The monoisotopic (exact) mass is 384 g/mol. The molecule has 1 aliphatic carbocycles. The Morgan fingerprint density at radius 1 is 1.07 bits per heavy atom. The Bertz CT molecular complexity index is 614. The van der Waals surface area contributed by atoms with E-state index in [1.165, 1.54) is 25.0 Å². The van der Waals surface area contributed by atoms with Gasteiger partial charge in [-0.3, -0.25) is 0 Å². The Labute approximate surface area is 160 Å². The molecule has 152 valence electrons. The fourth-order valence-corrected chi connectivity index (χ4v) is 4.80. The Morgan fingerprint density at radius 3 is 2.44 bits per heavy atom. The number of hydrogen-bond acceptors (Lipinski definition) is 2. The summed E-state index contributed by atoms with van der Waals surface area (Å²) in [7, 11) is 0. The summed E-state index contributed by atoms with van der Waals surface area (Å²) in [4.78, 5) is 0. The van der Waals surface area contributed by atoms with Crippen molar-refractivity contribution in [2.24, 2.45) is 11.8 Å². The van der Waals surface area contributed by atoms with Crippen LogP contribution in [0.4, 0.5) is 13.2 Å².